The Bertz CT molecular complexity index is 1430. The van der Waals surface area contributed by atoms with Gasteiger partial charge in [-0.25, -0.2) is 18.0 Å². The number of aryl methyl sites for hydroxylation is 1. The van der Waals surface area contributed by atoms with Crippen molar-refractivity contribution in [3.63, 3.8) is 0 Å². The van der Waals surface area contributed by atoms with Crippen LogP contribution in [-0.4, -0.2) is 55.7 Å². The first-order valence-electron chi connectivity index (χ1n) is 11.8. The minimum atomic E-state index is -3.84. The Morgan fingerprint density at radius 1 is 1.13 bits per heavy atom. The van der Waals surface area contributed by atoms with Gasteiger partial charge < -0.3 is 25.0 Å². The zero-order valence-electron chi connectivity index (χ0n) is 20.3. The van der Waals surface area contributed by atoms with Gasteiger partial charge in [0, 0.05) is 5.92 Å². The van der Waals surface area contributed by atoms with Gasteiger partial charge in [0.05, 0.1) is 14.2 Å². The van der Waals surface area contributed by atoms with Crippen molar-refractivity contribution in [3.05, 3.63) is 63.4 Å². The van der Waals surface area contributed by atoms with E-state index < -0.39 is 33.8 Å². The number of aromatic carboxylic acids is 1. The van der Waals surface area contributed by atoms with Crippen molar-refractivity contribution in [2.45, 2.75) is 30.1 Å². The van der Waals surface area contributed by atoms with Crippen molar-refractivity contribution in [2.75, 3.05) is 19.7 Å². The molecule has 1 unspecified atom stereocenters. The summed E-state index contributed by atoms with van der Waals surface area (Å²) in [6, 6.07) is 13.4. The Balaban J connectivity index is 1.70. The number of carboxylic acid groups (broad SMARTS) is 2. The molecule has 3 aromatic rings. The van der Waals surface area contributed by atoms with Crippen molar-refractivity contribution in [1.29, 1.82) is 0 Å². The molecular formula is C26H26BrNO8S2. The van der Waals surface area contributed by atoms with Crippen LogP contribution >= 0.6 is 27.3 Å². The maximum Gasteiger partial charge on any atom is 0.349 e. The number of aliphatic carboxylic acids is 1. The fourth-order valence-corrected chi connectivity index (χ4v) is 7.91. The van der Waals surface area contributed by atoms with Gasteiger partial charge in [0.15, 0.2) is 17.2 Å². The minimum Gasteiger partial charge on any atom is -0.479 e. The number of carboxylic acids is 2. The molecule has 0 spiro atoms. The van der Waals surface area contributed by atoms with Gasteiger partial charge in [-0.15, -0.1) is 11.3 Å². The highest BCUT2D eigenvalue weighted by Crippen LogP contribution is 2.46. The lowest BCUT2D eigenvalue weighted by molar-refractivity contribution is -0.139. The molecule has 202 valence electrons. The van der Waals surface area contributed by atoms with Crippen LogP contribution in [-0.2, 0) is 14.6 Å². The Morgan fingerprint density at radius 3 is 2.45 bits per heavy atom. The predicted molar refractivity (Wildman–Crippen MR) is 146 cm³/mol. The second-order valence-electron chi connectivity index (χ2n) is 8.85. The van der Waals surface area contributed by atoms with Crippen LogP contribution in [0.15, 0.2) is 57.9 Å². The molecule has 1 saturated heterocycles. The molecule has 3 N–H and O–H groups in total. The van der Waals surface area contributed by atoms with Gasteiger partial charge in [-0.05, 0) is 78.6 Å². The number of hydrogen-bond acceptors (Lipinski definition) is 8. The molecule has 1 aromatic heterocycles. The van der Waals surface area contributed by atoms with Gasteiger partial charge in [-0.2, -0.15) is 0 Å². The van der Waals surface area contributed by atoms with Crippen LogP contribution in [0, 0.1) is 12.8 Å². The van der Waals surface area contributed by atoms with Gasteiger partial charge in [0.25, 0.3) is 0 Å². The minimum absolute atomic E-state index is 0.0826. The largest absolute Gasteiger partial charge is 0.479 e. The molecule has 0 aliphatic carbocycles. The lowest BCUT2D eigenvalue weighted by atomic mass is 9.99. The molecule has 12 heteroatoms. The lowest BCUT2D eigenvalue weighted by Gasteiger charge is -2.31. The van der Waals surface area contributed by atoms with Gasteiger partial charge in [0.2, 0.25) is 15.3 Å². The molecule has 0 radical (unpaired) electrons. The number of thiophene rings is 1. The zero-order valence-corrected chi connectivity index (χ0v) is 23.6. The molecule has 38 heavy (non-hydrogen) atoms. The standard InChI is InChI=1S/C26H26BrNO8S2/c1-15-5-7-19(8-6-15)38(33,34)26(16-9-11-28-12-10-16)36-18-4-2-3-17(13-18)23-21(27)22(35-14-20(29)30)24(37-23)25(31)32/h2-8,13,16,26,28H,9-12,14H2,1H3,(H,29,30)(H,31,32). The summed E-state index contributed by atoms with van der Waals surface area (Å²) in [4.78, 5) is 23.3. The summed E-state index contributed by atoms with van der Waals surface area (Å²) < 4.78 is 39.2. The van der Waals surface area contributed by atoms with Crippen LogP contribution in [0.1, 0.15) is 28.1 Å². The molecule has 1 aliphatic heterocycles. The molecule has 9 nitrogen and oxygen atoms in total. The van der Waals surface area contributed by atoms with E-state index in [1.807, 2.05) is 6.92 Å². The summed E-state index contributed by atoms with van der Waals surface area (Å²) in [5.41, 5.74) is 0.396. The highest BCUT2D eigenvalue weighted by Gasteiger charge is 2.37. The molecule has 1 aliphatic rings. The van der Waals surface area contributed by atoms with Gasteiger partial charge in [0.1, 0.15) is 5.75 Å². The van der Waals surface area contributed by atoms with E-state index in [-0.39, 0.29) is 21.4 Å². The second kappa shape index (κ2) is 11.9. The van der Waals surface area contributed by atoms with Crippen molar-refractivity contribution in [2.24, 2.45) is 5.92 Å². The second-order valence-corrected chi connectivity index (χ2v) is 12.7. The highest BCUT2D eigenvalue weighted by molar-refractivity contribution is 9.10. The molecule has 0 bridgehead atoms. The van der Waals surface area contributed by atoms with E-state index in [0.29, 0.717) is 46.6 Å². The van der Waals surface area contributed by atoms with E-state index >= 15 is 0 Å². The Labute approximate surface area is 232 Å². The molecule has 1 fully saturated rings. The summed E-state index contributed by atoms with van der Waals surface area (Å²) in [7, 11) is -3.84. The van der Waals surface area contributed by atoms with Crippen molar-refractivity contribution in [3.8, 4) is 21.9 Å². The number of piperidine rings is 1. The molecule has 2 heterocycles. The molecule has 4 rings (SSSR count). The summed E-state index contributed by atoms with van der Waals surface area (Å²) in [5.74, 6) is -2.50. The Morgan fingerprint density at radius 2 is 1.82 bits per heavy atom. The average molecular weight is 625 g/mol. The molecule has 1 atom stereocenters. The van der Waals surface area contributed by atoms with Crippen LogP contribution in [0.2, 0.25) is 0 Å². The van der Waals surface area contributed by atoms with E-state index in [0.717, 1.165) is 16.9 Å². The number of hydrogen-bond donors (Lipinski definition) is 3. The first-order chi connectivity index (χ1) is 18.1. The molecule has 0 amide bonds. The molecule has 2 aromatic carbocycles. The average Bonchev–Trinajstić information content (AvgIpc) is 3.23. The van der Waals surface area contributed by atoms with Crippen molar-refractivity contribution >= 4 is 49.0 Å². The number of ether oxygens (including phenoxy) is 2. The predicted octanol–water partition coefficient (Wildman–Crippen LogP) is 4.83. The van der Waals surface area contributed by atoms with Gasteiger partial charge >= 0.3 is 11.9 Å². The van der Waals surface area contributed by atoms with E-state index in [2.05, 4.69) is 21.2 Å². The number of carbonyl (C=O) groups is 2. The number of halogens is 1. The smallest absolute Gasteiger partial charge is 0.349 e. The first kappa shape index (κ1) is 28.1. The van der Waals surface area contributed by atoms with E-state index in [1.54, 1.807) is 48.5 Å². The Kier molecular flexibility index (Phi) is 8.76. The number of nitrogens with one attached hydrogen (secondary N) is 1. The third-order valence-corrected chi connectivity index (χ3v) is 10.4. The fraction of sp³-hybridized carbons (Fsp3) is 0.308. The molecule has 0 saturated carbocycles. The first-order valence-corrected chi connectivity index (χ1v) is 14.9. The van der Waals surface area contributed by atoms with Crippen molar-refractivity contribution in [1.82, 2.24) is 5.32 Å². The summed E-state index contributed by atoms with van der Waals surface area (Å²) in [6.07, 6.45) is 1.27. The number of benzene rings is 2. The SMILES string of the molecule is Cc1ccc(S(=O)(=O)C(Oc2cccc(-c3sc(C(=O)O)c(OCC(=O)O)c3Br)c2)C2CCNCC2)cc1. The Hall–Kier alpha value is -2.93. The topological polar surface area (TPSA) is 139 Å². The maximum atomic E-state index is 13.7. The summed E-state index contributed by atoms with van der Waals surface area (Å²) in [6.45, 7) is 2.56. The monoisotopic (exact) mass is 623 g/mol. The van der Waals surface area contributed by atoms with E-state index in [4.69, 9.17) is 14.6 Å². The molecular weight excluding hydrogens is 598 g/mol. The zero-order chi connectivity index (χ0) is 27.4. The van der Waals surface area contributed by atoms with Crippen LogP contribution in [0.4, 0.5) is 0 Å². The third kappa shape index (κ3) is 6.20. The maximum absolute atomic E-state index is 13.7. The van der Waals surface area contributed by atoms with E-state index in [1.165, 1.54) is 0 Å². The van der Waals surface area contributed by atoms with Crippen LogP contribution < -0.4 is 14.8 Å². The normalized spacial score (nSPS) is 15.1. The van der Waals surface area contributed by atoms with Crippen molar-refractivity contribution < 1.29 is 37.7 Å². The highest BCUT2D eigenvalue weighted by atomic mass is 79.9. The van der Waals surface area contributed by atoms with Gasteiger partial charge in [-0.1, -0.05) is 29.8 Å². The van der Waals surface area contributed by atoms with Crippen LogP contribution in [0.3, 0.4) is 0 Å². The summed E-state index contributed by atoms with van der Waals surface area (Å²) >= 11 is 4.26. The lowest BCUT2D eigenvalue weighted by Crippen LogP contribution is -2.41. The number of rotatable bonds is 10. The third-order valence-electron chi connectivity index (χ3n) is 6.12. The number of sulfone groups is 1. The van der Waals surface area contributed by atoms with Gasteiger partial charge in [-0.3, -0.25) is 0 Å². The van der Waals surface area contributed by atoms with Crippen LogP contribution in [0.25, 0.3) is 10.4 Å². The summed E-state index contributed by atoms with van der Waals surface area (Å²) in [5, 5.41) is 21.8. The van der Waals surface area contributed by atoms with Crippen LogP contribution in [0.5, 0.6) is 11.5 Å². The van der Waals surface area contributed by atoms with E-state index in [9.17, 15) is 23.1 Å². The quantitative estimate of drug-likeness (QED) is 0.290. The fourth-order valence-electron chi connectivity index (χ4n) is 4.22.